The summed E-state index contributed by atoms with van der Waals surface area (Å²) in [6, 6.07) is 0. The number of hydrogen-bond donors (Lipinski definition) is 1. The predicted molar refractivity (Wildman–Crippen MR) is 56.2 cm³/mol. The molecule has 2 rings (SSSR count). The van der Waals surface area contributed by atoms with Crippen molar-refractivity contribution >= 4 is 9.84 Å². The van der Waals surface area contributed by atoms with Crippen LogP contribution >= 0.6 is 0 Å². The number of rotatable bonds is 0. The molecule has 0 saturated carbocycles. The SMILES string of the molecule is C1CCOCC1.O=S1(=O)CCNCC1. The molecule has 14 heavy (non-hydrogen) atoms. The van der Waals surface area contributed by atoms with Crippen molar-refractivity contribution in [3.63, 3.8) is 0 Å². The average Bonchev–Trinajstić information content (AvgIpc) is 2.21. The van der Waals surface area contributed by atoms with E-state index >= 15 is 0 Å². The third-order valence-corrected chi connectivity index (χ3v) is 3.91. The molecule has 0 spiro atoms. The molecule has 2 aliphatic rings. The second-order valence-corrected chi connectivity index (χ2v) is 5.88. The van der Waals surface area contributed by atoms with Crippen LogP contribution in [0.3, 0.4) is 0 Å². The second-order valence-electron chi connectivity index (χ2n) is 3.57. The fourth-order valence-electron chi connectivity index (χ4n) is 1.37. The minimum absolute atomic E-state index is 0.312. The summed E-state index contributed by atoms with van der Waals surface area (Å²) >= 11 is 0. The highest BCUT2D eigenvalue weighted by atomic mass is 32.2. The minimum Gasteiger partial charge on any atom is -0.381 e. The van der Waals surface area contributed by atoms with E-state index in [-0.39, 0.29) is 0 Å². The lowest BCUT2D eigenvalue weighted by atomic mass is 10.2. The maximum atomic E-state index is 10.6. The molecule has 0 amide bonds. The molecule has 5 heteroatoms. The predicted octanol–water partition coefficient (Wildman–Crippen LogP) is 0.191. The maximum absolute atomic E-state index is 10.6. The molecule has 2 aliphatic heterocycles. The number of nitrogens with one attached hydrogen (secondary N) is 1. The van der Waals surface area contributed by atoms with E-state index in [9.17, 15) is 8.42 Å². The normalized spacial score (nSPS) is 26.0. The van der Waals surface area contributed by atoms with E-state index in [1.165, 1.54) is 19.3 Å². The van der Waals surface area contributed by atoms with Gasteiger partial charge in [-0.3, -0.25) is 0 Å². The first-order chi connectivity index (χ1) is 6.71. The highest BCUT2D eigenvalue weighted by Crippen LogP contribution is 2.02. The van der Waals surface area contributed by atoms with Crippen LogP contribution in [0.15, 0.2) is 0 Å². The number of sulfone groups is 1. The van der Waals surface area contributed by atoms with E-state index in [2.05, 4.69) is 5.32 Å². The molecule has 2 fully saturated rings. The quantitative estimate of drug-likeness (QED) is 0.634. The van der Waals surface area contributed by atoms with E-state index in [4.69, 9.17) is 4.74 Å². The summed E-state index contributed by atoms with van der Waals surface area (Å²) in [5.41, 5.74) is 0. The topological polar surface area (TPSA) is 55.4 Å². The standard InChI is InChI=1S/C5H10O.C4H9NO2S/c1-2-4-6-5-3-1;6-8(7)3-1-5-2-4-8/h1-5H2;5H,1-4H2. The zero-order chi connectivity index (χ0) is 10.3. The molecule has 1 N–H and O–H groups in total. The van der Waals surface area contributed by atoms with Gasteiger partial charge >= 0.3 is 0 Å². The Bertz CT molecular complexity index is 211. The Hall–Kier alpha value is -0.130. The molecule has 0 aromatic carbocycles. The summed E-state index contributed by atoms with van der Waals surface area (Å²) in [6.07, 6.45) is 3.93. The number of hydrogen-bond acceptors (Lipinski definition) is 4. The van der Waals surface area contributed by atoms with Gasteiger partial charge in [0.15, 0.2) is 9.84 Å². The van der Waals surface area contributed by atoms with Crippen LogP contribution in [0.4, 0.5) is 0 Å². The van der Waals surface area contributed by atoms with E-state index < -0.39 is 9.84 Å². The van der Waals surface area contributed by atoms with Crippen molar-refractivity contribution in [3.05, 3.63) is 0 Å². The highest BCUT2D eigenvalue weighted by Gasteiger charge is 2.13. The minimum atomic E-state index is -2.65. The molecule has 2 heterocycles. The van der Waals surface area contributed by atoms with Crippen LogP contribution in [0.5, 0.6) is 0 Å². The molecule has 0 aromatic rings. The van der Waals surface area contributed by atoms with Crippen LogP contribution in [0, 0.1) is 0 Å². The lowest BCUT2D eigenvalue weighted by molar-refractivity contribution is 0.0968. The van der Waals surface area contributed by atoms with Gasteiger partial charge in [0, 0.05) is 26.3 Å². The van der Waals surface area contributed by atoms with Gasteiger partial charge in [0.1, 0.15) is 0 Å². The molecular weight excluding hydrogens is 202 g/mol. The van der Waals surface area contributed by atoms with Gasteiger partial charge in [0.2, 0.25) is 0 Å². The zero-order valence-electron chi connectivity index (χ0n) is 8.50. The Balaban J connectivity index is 0.000000146. The second kappa shape index (κ2) is 6.37. The first-order valence-corrected chi connectivity index (χ1v) is 7.02. The number of ether oxygens (including phenoxy) is 1. The van der Waals surface area contributed by atoms with Gasteiger partial charge in [-0.05, 0) is 19.3 Å². The zero-order valence-corrected chi connectivity index (χ0v) is 9.31. The molecule has 0 atom stereocenters. The van der Waals surface area contributed by atoms with Crippen molar-refractivity contribution in [2.75, 3.05) is 37.8 Å². The first-order valence-electron chi connectivity index (χ1n) is 5.20. The van der Waals surface area contributed by atoms with Crippen molar-refractivity contribution in [3.8, 4) is 0 Å². The van der Waals surface area contributed by atoms with E-state index in [1.807, 2.05) is 0 Å². The van der Waals surface area contributed by atoms with Crippen molar-refractivity contribution in [1.29, 1.82) is 0 Å². The van der Waals surface area contributed by atoms with E-state index in [0.29, 0.717) is 24.6 Å². The fraction of sp³-hybridized carbons (Fsp3) is 1.00. The fourth-order valence-corrected chi connectivity index (χ4v) is 2.48. The smallest absolute Gasteiger partial charge is 0.152 e. The highest BCUT2D eigenvalue weighted by molar-refractivity contribution is 7.91. The molecule has 2 saturated heterocycles. The van der Waals surface area contributed by atoms with Crippen LogP contribution in [0.2, 0.25) is 0 Å². The van der Waals surface area contributed by atoms with Crippen LogP contribution in [-0.4, -0.2) is 46.2 Å². The Labute approximate surface area is 85.9 Å². The van der Waals surface area contributed by atoms with Gasteiger partial charge in [-0.2, -0.15) is 0 Å². The molecule has 0 aromatic heterocycles. The summed E-state index contributed by atoms with van der Waals surface area (Å²) < 4.78 is 26.3. The van der Waals surface area contributed by atoms with Crippen molar-refractivity contribution < 1.29 is 13.2 Å². The largest absolute Gasteiger partial charge is 0.381 e. The Morgan fingerprint density at radius 1 is 0.929 bits per heavy atom. The maximum Gasteiger partial charge on any atom is 0.152 e. The van der Waals surface area contributed by atoms with E-state index in [0.717, 1.165) is 13.2 Å². The van der Waals surface area contributed by atoms with Gasteiger partial charge in [-0.1, -0.05) is 0 Å². The van der Waals surface area contributed by atoms with Crippen molar-refractivity contribution in [2.24, 2.45) is 0 Å². The summed E-state index contributed by atoms with van der Waals surface area (Å²) in [4.78, 5) is 0. The van der Waals surface area contributed by atoms with Crippen LogP contribution in [0.25, 0.3) is 0 Å². The first kappa shape index (κ1) is 11.9. The average molecular weight is 221 g/mol. The van der Waals surface area contributed by atoms with Gasteiger partial charge in [-0.25, -0.2) is 8.42 Å². The summed E-state index contributed by atoms with van der Waals surface area (Å²) in [7, 11) is -2.65. The summed E-state index contributed by atoms with van der Waals surface area (Å²) in [6.45, 7) is 3.25. The lowest BCUT2D eigenvalue weighted by Crippen LogP contribution is -2.35. The monoisotopic (exact) mass is 221 g/mol. The Morgan fingerprint density at radius 3 is 1.71 bits per heavy atom. The molecule has 4 nitrogen and oxygen atoms in total. The van der Waals surface area contributed by atoms with Crippen LogP contribution < -0.4 is 5.32 Å². The third kappa shape index (κ3) is 5.57. The van der Waals surface area contributed by atoms with E-state index in [1.54, 1.807) is 0 Å². The molecule has 0 unspecified atom stereocenters. The van der Waals surface area contributed by atoms with Crippen LogP contribution in [-0.2, 0) is 14.6 Å². The molecule has 84 valence electrons. The van der Waals surface area contributed by atoms with Crippen molar-refractivity contribution in [2.45, 2.75) is 19.3 Å². The van der Waals surface area contributed by atoms with Crippen molar-refractivity contribution in [1.82, 2.24) is 5.32 Å². The van der Waals surface area contributed by atoms with Crippen LogP contribution in [0.1, 0.15) is 19.3 Å². The molecule has 0 radical (unpaired) electrons. The lowest BCUT2D eigenvalue weighted by Gasteiger charge is -2.10. The van der Waals surface area contributed by atoms with Gasteiger partial charge < -0.3 is 10.1 Å². The third-order valence-electron chi connectivity index (χ3n) is 2.26. The Morgan fingerprint density at radius 2 is 1.50 bits per heavy atom. The Kier molecular flexibility index (Phi) is 5.44. The van der Waals surface area contributed by atoms with Gasteiger partial charge in [0.25, 0.3) is 0 Å². The molecular formula is C9H19NO3S. The molecule has 0 bridgehead atoms. The molecule has 0 aliphatic carbocycles. The van der Waals surface area contributed by atoms with Gasteiger partial charge in [0.05, 0.1) is 11.5 Å². The summed E-state index contributed by atoms with van der Waals surface area (Å²) in [5.74, 6) is 0.625. The summed E-state index contributed by atoms with van der Waals surface area (Å²) in [5, 5.41) is 2.96. The van der Waals surface area contributed by atoms with Gasteiger partial charge in [-0.15, -0.1) is 0 Å².